The first-order chi connectivity index (χ1) is 10.0. The number of pyridine rings is 1. The summed E-state index contributed by atoms with van der Waals surface area (Å²) in [7, 11) is 0. The van der Waals surface area contributed by atoms with Gasteiger partial charge >= 0.3 is 6.18 Å². The van der Waals surface area contributed by atoms with E-state index in [2.05, 4.69) is 10.3 Å². The number of halogens is 3. The fourth-order valence-corrected chi connectivity index (χ4v) is 1.81. The molecule has 1 heterocycles. The van der Waals surface area contributed by atoms with Crippen LogP contribution >= 0.6 is 0 Å². The Morgan fingerprint density at radius 3 is 2.62 bits per heavy atom. The van der Waals surface area contributed by atoms with Gasteiger partial charge in [0.2, 0.25) is 0 Å². The first-order valence-corrected chi connectivity index (χ1v) is 6.50. The van der Waals surface area contributed by atoms with Gasteiger partial charge < -0.3 is 10.1 Å². The average molecular weight is 296 g/mol. The Hall–Kier alpha value is -2.08. The van der Waals surface area contributed by atoms with Crippen LogP contribution in [0.2, 0.25) is 0 Å². The molecule has 0 fully saturated rings. The monoisotopic (exact) mass is 296 g/mol. The van der Waals surface area contributed by atoms with Crippen LogP contribution in [0.1, 0.15) is 18.1 Å². The van der Waals surface area contributed by atoms with Crippen LogP contribution in [-0.2, 0) is 12.7 Å². The molecule has 0 saturated heterocycles. The number of rotatable bonds is 5. The molecule has 2 rings (SSSR count). The second-order valence-electron chi connectivity index (χ2n) is 4.36. The molecule has 0 aliphatic carbocycles. The minimum Gasteiger partial charge on any atom is -0.455 e. The number of nitrogens with zero attached hydrogens (tertiary/aromatic N) is 1. The summed E-state index contributed by atoms with van der Waals surface area (Å²) in [5.74, 6) is 0.0888. The lowest BCUT2D eigenvalue weighted by molar-refractivity contribution is -0.138. The van der Waals surface area contributed by atoms with E-state index < -0.39 is 11.7 Å². The van der Waals surface area contributed by atoms with Crippen molar-refractivity contribution < 1.29 is 17.9 Å². The number of nitrogens with one attached hydrogen (secondary N) is 1. The van der Waals surface area contributed by atoms with Crippen molar-refractivity contribution in [3.63, 3.8) is 0 Å². The third-order valence-corrected chi connectivity index (χ3v) is 2.85. The largest absolute Gasteiger partial charge is 0.455 e. The summed E-state index contributed by atoms with van der Waals surface area (Å²) >= 11 is 0. The van der Waals surface area contributed by atoms with Crippen LogP contribution in [0.3, 0.4) is 0 Å². The van der Waals surface area contributed by atoms with Crippen molar-refractivity contribution in [2.75, 3.05) is 6.54 Å². The molecule has 1 aromatic carbocycles. The molecule has 0 unspecified atom stereocenters. The number of para-hydroxylation sites is 1. The standard InChI is InChI=1S/C15H15F3N2O/c1-2-19-9-11-7-8-20-10-14(11)21-13-6-4-3-5-12(13)15(16,17)18/h3-8,10,19H,2,9H2,1H3. The van der Waals surface area contributed by atoms with Gasteiger partial charge in [-0.1, -0.05) is 19.1 Å². The number of hydrogen-bond donors (Lipinski definition) is 1. The number of alkyl halides is 3. The van der Waals surface area contributed by atoms with Crippen molar-refractivity contribution in [1.29, 1.82) is 0 Å². The summed E-state index contributed by atoms with van der Waals surface area (Å²) in [5.41, 5.74) is -0.0490. The molecule has 3 nitrogen and oxygen atoms in total. The van der Waals surface area contributed by atoms with Crippen molar-refractivity contribution >= 4 is 0 Å². The molecular weight excluding hydrogens is 281 g/mol. The zero-order chi connectivity index (χ0) is 15.3. The van der Waals surface area contributed by atoms with Crippen molar-refractivity contribution in [1.82, 2.24) is 10.3 Å². The van der Waals surface area contributed by atoms with E-state index in [0.717, 1.165) is 18.2 Å². The molecule has 0 aliphatic heterocycles. The minimum absolute atomic E-state index is 0.226. The van der Waals surface area contributed by atoms with Gasteiger partial charge in [0.25, 0.3) is 0 Å². The molecular formula is C15H15F3N2O. The molecule has 112 valence electrons. The third-order valence-electron chi connectivity index (χ3n) is 2.85. The highest BCUT2D eigenvalue weighted by molar-refractivity contribution is 5.41. The molecule has 6 heteroatoms. The fraction of sp³-hybridized carbons (Fsp3) is 0.267. The molecule has 0 spiro atoms. The van der Waals surface area contributed by atoms with Crippen LogP contribution in [0.4, 0.5) is 13.2 Å². The van der Waals surface area contributed by atoms with Crippen LogP contribution < -0.4 is 10.1 Å². The van der Waals surface area contributed by atoms with E-state index in [4.69, 9.17) is 4.74 Å². The van der Waals surface area contributed by atoms with E-state index in [1.807, 2.05) is 6.92 Å². The highest BCUT2D eigenvalue weighted by Crippen LogP contribution is 2.38. The van der Waals surface area contributed by atoms with Crippen molar-refractivity contribution in [3.05, 3.63) is 53.9 Å². The second-order valence-corrected chi connectivity index (χ2v) is 4.36. The average Bonchev–Trinajstić information content (AvgIpc) is 2.46. The van der Waals surface area contributed by atoms with Gasteiger partial charge in [-0.2, -0.15) is 13.2 Å². The lowest BCUT2D eigenvalue weighted by atomic mass is 10.2. The molecule has 0 saturated carbocycles. The molecule has 0 amide bonds. The highest BCUT2D eigenvalue weighted by atomic mass is 19.4. The minimum atomic E-state index is -4.46. The molecule has 2 aromatic rings. The summed E-state index contributed by atoms with van der Waals surface area (Å²) in [6, 6.07) is 6.85. The van der Waals surface area contributed by atoms with Crippen molar-refractivity contribution in [3.8, 4) is 11.5 Å². The first-order valence-electron chi connectivity index (χ1n) is 6.50. The molecule has 0 atom stereocenters. The van der Waals surface area contributed by atoms with Crippen LogP contribution in [0.15, 0.2) is 42.7 Å². The predicted octanol–water partition coefficient (Wildman–Crippen LogP) is 4.00. The third kappa shape index (κ3) is 3.95. The molecule has 0 bridgehead atoms. The molecule has 21 heavy (non-hydrogen) atoms. The van der Waals surface area contributed by atoms with Gasteiger partial charge in [0, 0.05) is 18.3 Å². The Morgan fingerprint density at radius 2 is 1.90 bits per heavy atom. The predicted molar refractivity (Wildman–Crippen MR) is 73.1 cm³/mol. The maximum atomic E-state index is 12.9. The zero-order valence-corrected chi connectivity index (χ0v) is 11.4. The molecule has 0 aliphatic rings. The summed E-state index contributed by atoms with van der Waals surface area (Å²) in [6.07, 6.45) is -1.46. The van der Waals surface area contributed by atoms with Gasteiger partial charge in [-0.15, -0.1) is 0 Å². The smallest absolute Gasteiger partial charge is 0.419 e. The maximum absolute atomic E-state index is 12.9. The summed E-state index contributed by atoms with van der Waals surface area (Å²) < 4.78 is 44.3. The summed E-state index contributed by atoms with van der Waals surface area (Å²) in [5, 5.41) is 3.11. The highest BCUT2D eigenvalue weighted by Gasteiger charge is 2.34. The lowest BCUT2D eigenvalue weighted by Crippen LogP contribution is -2.13. The Labute approximate surface area is 120 Å². The molecule has 0 radical (unpaired) electrons. The van der Waals surface area contributed by atoms with Gasteiger partial charge in [-0.3, -0.25) is 4.98 Å². The van der Waals surface area contributed by atoms with Crippen molar-refractivity contribution in [2.45, 2.75) is 19.6 Å². The van der Waals surface area contributed by atoms with Gasteiger partial charge in [0.05, 0.1) is 11.8 Å². The Balaban J connectivity index is 2.31. The SMILES string of the molecule is CCNCc1ccncc1Oc1ccccc1C(F)(F)F. The zero-order valence-electron chi connectivity index (χ0n) is 11.4. The van der Waals surface area contributed by atoms with Gasteiger partial charge in [-0.25, -0.2) is 0 Å². The molecule has 1 N–H and O–H groups in total. The van der Waals surface area contributed by atoms with Crippen LogP contribution in [0, 0.1) is 0 Å². The Bertz CT molecular complexity index is 599. The number of aromatic nitrogens is 1. The van der Waals surface area contributed by atoms with Crippen LogP contribution in [0.25, 0.3) is 0 Å². The van der Waals surface area contributed by atoms with Crippen LogP contribution in [-0.4, -0.2) is 11.5 Å². The van der Waals surface area contributed by atoms with E-state index in [0.29, 0.717) is 12.3 Å². The van der Waals surface area contributed by atoms with Gasteiger partial charge in [-0.05, 0) is 24.7 Å². The topological polar surface area (TPSA) is 34.2 Å². The van der Waals surface area contributed by atoms with Gasteiger partial charge in [0.15, 0.2) is 0 Å². The normalized spacial score (nSPS) is 11.4. The quantitative estimate of drug-likeness (QED) is 0.905. The molecule has 1 aromatic heterocycles. The lowest BCUT2D eigenvalue weighted by Gasteiger charge is -2.15. The fourth-order valence-electron chi connectivity index (χ4n) is 1.81. The van der Waals surface area contributed by atoms with E-state index in [1.54, 1.807) is 12.3 Å². The number of benzene rings is 1. The van der Waals surface area contributed by atoms with Crippen LogP contribution in [0.5, 0.6) is 11.5 Å². The van der Waals surface area contributed by atoms with E-state index in [-0.39, 0.29) is 5.75 Å². The van der Waals surface area contributed by atoms with E-state index in [1.165, 1.54) is 24.4 Å². The number of ether oxygens (including phenoxy) is 1. The van der Waals surface area contributed by atoms with E-state index in [9.17, 15) is 13.2 Å². The Kier molecular flexibility index (Phi) is 4.80. The van der Waals surface area contributed by atoms with E-state index >= 15 is 0 Å². The van der Waals surface area contributed by atoms with Crippen molar-refractivity contribution in [2.24, 2.45) is 0 Å². The second kappa shape index (κ2) is 6.58. The summed E-state index contributed by atoms with van der Waals surface area (Å²) in [6.45, 7) is 3.20. The first kappa shape index (κ1) is 15.3. The maximum Gasteiger partial charge on any atom is 0.419 e. The van der Waals surface area contributed by atoms with Gasteiger partial charge in [0.1, 0.15) is 11.5 Å². The number of hydrogen-bond acceptors (Lipinski definition) is 3. The summed E-state index contributed by atoms with van der Waals surface area (Å²) in [4.78, 5) is 3.91. The Morgan fingerprint density at radius 1 is 1.14 bits per heavy atom.